The Hall–Kier alpha value is -2.08. The smallest absolute Gasteiger partial charge is 0.238 e. The highest BCUT2D eigenvalue weighted by Gasteiger charge is 2.26. The number of hydrogen-bond donors (Lipinski definition) is 2. The number of carbonyl (C=O) groups excluding carboxylic acids is 2. The van der Waals surface area contributed by atoms with Crippen LogP contribution in [0.3, 0.4) is 0 Å². The van der Waals surface area contributed by atoms with Crippen molar-refractivity contribution in [2.24, 2.45) is 5.92 Å². The summed E-state index contributed by atoms with van der Waals surface area (Å²) in [4.78, 5) is 26.5. The molecule has 0 saturated heterocycles. The monoisotopic (exact) mass is 361 g/mol. The van der Waals surface area contributed by atoms with E-state index in [4.69, 9.17) is 4.74 Å². The summed E-state index contributed by atoms with van der Waals surface area (Å²) in [6.07, 6.45) is 4.62. The van der Waals surface area contributed by atoms with Gasteiger partial charge in [-0.1, -0.05) is 25.8 Å². The lowest BCUT2D eigenvalue weighted by Crippen LogP contribution is -2.50. The Bertz CT molecular complexity index is 620. The molecule has 0 heterocycles. The van der Waals surface area contributed by atoms with E-state index in [0.29, 0.717) is 17.4 Å². The average molecular weight is 361 g/mol. The van der Waals surface area contributed by atoms with Crippen molar-refractivity contribution in [2.45, 2.75) is 51.6 Å². The van der Waals surface area contributed by atoms with E-state index < -0.39 is 0 Å². The molecule has 144 valence electrons. The van der Waals surface area contributed by atoms with Crippen molar-refractivity contribution in [3.63, 3.8) is 0 Å². The highest BCUT2D eigenvalue weighted by atomic mass is 16.5. The quantitative estimate of drug-likeness (QED) is 0.783. The molecule has 6 nitrogen and oxygen atoms in total. The summed E-state index contributed by atoms with van der Waals surface area (Å²) in [5.41, 5.74) is 0.677. The van der Waals surface area contributed by atoms with Gasteiger partial charge in [0, 0.05) is 17.8 Å². The number of nitrogens with zero attached hydrogens (tertiary/aromatic N) is 1. The fraction of sp³-hybridized carbons (Fsp3) is 0.600. The SMILES string of the molecule is COc1cccc(NC(=O)CN(C)C(C)C(=O)NC2CCCCC2C)c1. The third-order valence-corrected chi connectivity index (χ3v) is 5.23. The maximum atomic E-state index is 12.5. The first-order chi connectivity index (χ1) is 12.4. The molecule has 0 radical (unpaired) electrons. The predicted molar refractivity (Wildman–Crippen MR) is 103 cm³/mol. The summed E-state index contributed by atoms with van der Waals surface area (Å²) in [5, 5.41) is 6.00. The van der Waals surface area contributed by atoms with E-state index in [-0.39, 0.29) is 30.4 Å². The molecule has 2 rings (SSSR count). The number of carbonyl (C=O) groups is 2. The first-order valence-corrected chi connectivity index (χ1v) is 9.35. The van der Waals surface area contributed by atoms with Crippen molar-refractivity contribution in [1.29, 1.82) is 0 Å². The van der Waals surface area contributed by atoms with Gasteiger partial charge in [0.2, 0.25) is 11.8 Å². The summed E-state index contributed by atoms with van der Waals surface area (Å²) in [6.45, 7) is 4.17. The van der Waals surface area contributed by atoms with Crippen molar-refractivity contribution in [1.82, 2.24) is 10.2 Å². The highest BCUT2D eigenvalue weighted by Crippen LogP contribution is 2.23. The van der Waals surface area contributed by atoms with Gasteiger partial charge < -0.3 is 15.4 Å². The largest absolute Gasteiger partial charge is 0.497 e. The molecule has 2 amide bonds. The van der Waals surface area contributed by atoms with Crippen molar-refractivity contribution in [3.8, 4) is 5.75 Å². The zero-order chi connectivity index (χ0) is 19.1. The zero-order valence-electron chi connectivity index (χ0n) is 16.2. The van der Waals surface area contributed by atoms with Crippen LogP contribution in [0.25, 0.3) is 0 Å². The topological polar surface area (TPSA) is 70.7 Å². The molecule has 3 atom stereocenters. The van der Waals surface area contributed by atoms with Crippen LogP contribution in [0.15, 0.2) is 24.3 Å². The van der Waals surface area contributed by atoms with Crippen LogP contribution in [0.4, 0.5) is 5.69 Å². The molecular weight excluding hydrogens is 330 g/mol. The molecule has 0 aliphatic heterocycles. The maximum Gasteiger partial charge on any atom is 0.238 e. The standard InChI is InChI=1S/C20H31N3O3/c1-14-8-5-6-11-18(14)22-20(25)15(2)23(3)13-19(24)21-16-9-7-10-17(12-16)26-4/h7,9-10,12,14-15,18H,5-6,8,11,13H2,1-4H3,(H,21,24)(H,22,25). The second kappa shape index (κ2) is 9.57. The van der Waals surface area contributed by atoms with Gasteiger partial charge >= 0.3 is 0 Å². The Morgan fingerprint density at radius 1 is 1.31 bits per heavy atom. The van der Waals surface area contributed by atoms with E-state index in [2.05, 4.69) is 17.6 Å². The van der Waals surface area contributed by atoms with Crippen LogP contribution in [0, 0.1) is 5.92 Å². The van der Waals surface area contributed by atoms with Gasteiger partial charge in [0.25, 0.3) is 0 Å². The summed E-state index contributed by atoms with van der Waals surface area (Å²) in [5.74, 6) is 1.03. The fourth-order valence-electron chi connectivity index (χ4n) is 3.30. The van der Waals surface area contributed by atoms with E-state index >= 15 is 0 Å². The number of likely N-dealkylation sites (N-methyl/N-ethyl adjacent to an activating group) is 1. The predicted octanol–water partition coefficient (Wildman–Crippen LogP) is 2.65. The van der Waals surface area contributed by atoms with Gasteiger partial charge in [0.1, 0.15) is 5.75 Å². The molecule has 2 N–H and O–H groups in total. The molecule has 0 aromatic heterocycles. The number of anilines is 1. The fourth-order valence-corrected chi connectivity index (χ4v) is 3.30. The highest BCUT2D eigenvalue weighted by molar-refractivity contribution is 5.93. The minimum absolute atomic E-state index is 0.0135. The number of rotatable bonds is 7. The lowest BCUT2D eigenvalue weighted by atomic mass is 9.86. The summed E-state index contributed by atoms with van der Waals surface area (Å²) in [7, 11) is 3.38. The normalized spacial score (nSPS) is 21.1. The third-order valence-electron chi connectivity index (χ3n) is 5.23. The van der Waals surface area contributed by atoms with Crippen LogP contribution in [-0.2, 0) is 9.59 Å². The lowest BCUT2D eigenvalue weighted by molar-refractivity contribution is -0.127. The number of benzene rings is 1. The number of hydrogen-bond acceptors (Lipinski definition) is 4. The first-order valence-electron chi connectivity index (χ1n) is 9.35. The van der Waals surface area contributed by atoms with Gasteiger partial charge in [0.05, 0.1) is 19.7 Å². The number of amides is 2. The minimum Gasteiger partial charge on any atom is -0.497 e. The van der Waals surface area contributed by atoms with Crippen LogP contribution in [0.1, 0.15) is 39.5 Å². The van der Waals surface area contributed by atoms with E-state index in [9.17, 15) is 9.59 Å². The van der Waals surface area contributed by atoms with Gasteiger partial charge in [-0.15, -0.1) is 0 Å². The van der Waals surface area contributed by atoms with E-state index in [1.807, 2.05) is 19.1 Å². The van der Waals surface area contributed by atoms with Gasteiger partial charge in [-0.3, -0.25) is 14.5 Å². The van der Waals surface area contributed by atoms with Crippen LogP contribution < -0.4 is 15.4 Å². The van der Waals surface area contributed by atoms with E-state index in [1.165, 1.54) is 12.8 Å². The molecular formula is C20H31N3O3. The van der Waals surface area contributed by atoms with Gasteiger partial charge in [-0.05, 0) is 44.9 Å². The molecule has 0 spiro atoms. The van der Waals surface area contributed by atoms with Crippen molar-refractivity contribution in [3.05, 3.63) is 24.3 Å². The number of methoxy groups -OCH3 is 1. The molecule has 0 bridgehead atoms. The molecule has 6 heteroatoms. The Kier molecular flexibility index (Phi) is 7.45. The summed E-state index contributed by atoms with van der Waals surface area (Å²) < 4.78 is 5.15. The van der Waals surface area contributed by atoms with Crippen LogP contribution in [0.5, 0.6) is 5.75 Å². The number of ether oxygens (including phenoxy) is 1. The van der Waals surface area contributed by atoms with Crippen molar-refractivity contribution >= 4 is 17.5 Å². The van der Waals surface area contributed by atoms with Gasteiger partial charge in [0.15, 0.2) is 0 Å². The second-order valence-corrected chi connectivity index (χ2v) is 7.25. The van der Waals surface area contributed by atoms with E-state index in [0.717, 1.165) is 12.8 Å². The Balaban J connectivity index is 1.83. The molecule has 26 heavy (non-hydrogen) atoms. The van der Waals surface area contributed by atoms with Gasteiger partial charge in [-0.25, -0.2) is 0 Å². The molecule has 1 aromatic rings. The Labute approximate surface area is 156 Å². The van der Waals surface area contributed by atoms with Gasteiger partial charge in [-0.2, -0.15) is 0 Å². The minimum atomic E-state index is -0.361. The zero-order valence-corrected chi connectivity index (χ0v) is 16.2. The van der Waals surface area contributed by atoms with Crippen LogP contribution >= 0.6 is 0 Å². The number of nitrogens with one attached hydrogen (secondary N) is 2. The van der Waals surface area contributed by atoms with Crippen LogP contribution in [0.2, 0.25) is 0 Å². The maximum absolute atomic E-state index is 12.5. The molecule has 3 unspecified atom stereocenters. The van der Waals surface area contributed by atoms with Crippen LogP contribution in [-0.4, -0.2) is 49.5 Å². The third kappa shape index (κ3) is 5.73. The lowest BCUT2D eigenvalue weighted by Gasteiger charge is -2.32. The Morgan fingerprint density at radius 2 is 2.04 bits per heavy atom. The summed E-state index contributed by atoms with van der Waals surface area (Å²) in [6, 6.07) is 7.09. The average Bonchev–Trinajstić information content (AvgIpc) is 2.62. The molecule has 1 saturated carbocycles. The summed E-state index contributed by atoms with van der Waals surface area (Å²) >= 11 is 0. The molecule has 1 aliphatic carbocycles. The van der Waals surface area contributed by atoms with Crippen molar-refractivity contribution < 1.29 is 14.3 Å². The molecule has 1 aliphatic rings. The van der Waals surface area contributed by atoms with E-state index in [1.54, 1.807) is 31.2 Å². The first kappa shape index (κ1) is 20.2. The van der Waals surface area contributed by atoms with Crippen molar-refractivity contribution in [2.75, 3.05) is 26.0 Å². The molecule has 1 aromatic carbocycles. The second-order valence-electron chi connectivity index (χ2n) is 7.25. The molecule has 1 fully saturated rings. The Morgan fingerprint density at radius 3 is 2.73 bits per heavy atom.